The maximum Gasteiger partial charge on any atom is 0.173 e. The molecule has 0 atom stereocenters. The Morgan fingerprint density at radius 3 is 2.88 bits per heavy atom. The van der Waals surface area contributed by atoms with Crippen LogP contribution in [0.2, 0.25) is 0 Å². The first-order chi connectivity index (χ1) is 7.69. The first-order valence-corrected chi connectivity index (χ1v) is 5.20. The Morgan fingerprint density at radius 1 is 1.50 bits per heavy atom. The van der Waals surface area contributed by atoms with Crippen molar-refractivity contribution in [3.8, 4) is 6.07 Å². The molecule has 0 aromatic carbocycles. The molecule has 7 heteroatoms. The smallest absolute Gasteiger partial charge is 0.173 e. The van der Waals surface area contributed by atoms with Crippen LogP contribution in [0.25, 0.3) is 0 Å². The van der Waals surface area contributed by atoms with Crippen molar-refractivity contribution in [3.63, 3.8) is 0 Å². The molecule has 80 valence electrons. The normalized spacial score (nSPS) is 9.81. The summed E-state index contributed by atoms with van der Waals surface area (Å²) in [4.78, 5) is 8.04. The van der Waals surface area contributed by atoms with Crippen molar-refractivity contribution in [1.82, 2.24) is 20.2 Å². The highest BCUT2D eigenvalue weighted by molar-refractivity contribution is 9.10. The Labute approximate surface area is 99.9 Å². The van der Waals surface area contributed by atoms with Gasteiger partial charge in [0.15, 0.2) is 17.3 Å². The van der Waals surface area contributed by atoms with E-state index in [9.17, 15) is 0 Å². The minimum atomic E-state index is 0.253. The molecule has 2 N–H and O–H groups in total. The minimum absolute atomic E-state index is 0.253. The third-order valence-corrected chi connectivity index (χ3v) is 2.35. The van der Waals surface area contributed by atoms with Gasteiger partial charge in [-0.25, -0.2) is 9.97 Å². The highest BCUT2D eigenvalue weighted by Gasteiger charge is 2.05. The van der Waals surface area contributed by atoms with E-state index in [1.165, 1.54) is 6.20 Å². The van der Waals surface area contributed by atoms with Gasteiger partial charge in [0.25, 0.3) is 0 Å². The minimum Gasteiger partial charge on any atom is -0.322 e. The molecular weight excluding hydrogens is 272 g/mol. The summed E-state index contributed by atoms with van der Waals surface area (Å²) >= 11 is 3.16. The number of nitrogens with one attached hydrogen (secondary N) is 2. The molecule has 2 aromatic heterocycles. The van der Waals surface area contributed by atoms with Crippen LogP contribution in [-0.2, 0) is 0 Å². The number of hydrogen-bond donors (Lipinski definition) is 2. The number of aryl methyl sites for hydroxylation is 1. The standard InChI is InChI=1S/C9H7BrN6/c1-5-2-7(16-15-5)13-8-4-12-6(3-11)9(10)14-8/h2,4H,1H3,(H2,13,14,15,16). The van der Waals surface area contributed by atoms with Gasteiger partial charge in [-0.05, 0) is 22.9 Å². The van der Waals surface area contributed by atoms with Gasteiger partial charge in [-0.2, -0.15) is 10.4 Å². The molecule has 0 amide bonds. The zero-order chi connectivity index (χ0) is 11.5. The fourth-order valence-electron chi connectivity index (χ4n) is 1.12. The van der Waals surface area contributed by atoms with Gasteiger partial charge in [-0.3, -0.25) is 5.10 Å². The molecular formula is C9H7BrN6. The van der Waals surface area contributed by atoms with Gasteiger partial charge in [-0.15, -0.1) is 0 Å². The van der Waals surface area contributed by atoms with E-state index in [0.29, 0.717) is 16.2 Å². The van der Waals surface area contributed by atoms with Crippen LogP contribution in [0.1, 0.15) is 11.4 Å². The number of nitriles is 1. The number of aromatic amines is 1. The van der Waals surface area contributed by atoms with Gasteiger partial charge >= 0.3 is 0 Å². The molecule has 0 aliphatic heterocycles. The van der Waals surface area contributed by atoms with Crippen molar-refractivity contribution in [2.24, 2.45) is 0 Å². The van der Waals surface area contributed by atoms with Gasteiger partial charge in [0.2, 0.25) is 0 Å². The molecule has 0 unspecified atom stereocenters. The topological polar surface area (TPSA) is 90.3 Å². The summed E-state index contributed by atoms with van der Waals surface area (Å²) in [7, 11) is 0. The number of anilines is 2. The van der Waals surface area contributed by atoms with Crippen molar-refractivity contribution in [2.75, 3.05) is 5.32 Å². The quantitative estimate of drug-likeness (QED) is 0.876. The zero-order valence-corrected chi connectivity index (χ0v) is 9.91. The number of nitrogens with zero attached hydrogens (tertiary/aromatic N) is 4. The van der Waals surface area contributed by atoms with E-state index in [1.54, 1.807) is 0 Å². The van der Waals surface area contributed by atoms with Crippen molar-refractivity contribution < 1.29 is 0 Å². The molecule has 0 aliphatic rings. The summed E-state index contributed by atoms with van der Waals surface area (Å²) in [6.07, 6.45) is 1.48. The predicted octanol–water partition coefficient (Wildman–Crippen LogP) is 1.89. The van der Waals surface area contributed by atoms with Crippen LogP contribution in [0.3, 0.4) is 0 Å². The van der Waals surface area contributed by atoms with E-state index < -0.39 is 0 Å². The van der Waals surface area contributed by atoms with E-state index in [0.717, 1.165) is 5.69 Å². The van der Waals surface area contributed by atoms with Crippen LogP contribution in [0.4, 0.5) is 11.6 Å². The van der Waals surface area contributed by atoms with Crippen LogP contribution in [0.5, 0.6) is 0 Å². The number of halogens is 1. The lowest BCUT2D eigenvalue weighted by atomic mass is 10.4. The molecule has 0 aliphatic carbocycles. The second-order valence-corrected chi connectivity index (χ2v) is 3.82. The predicted molar refractivity (Wildman–Crippen MR) is 61.1 cm³/mol. The fraction of sp³-hybridized carbons (Fsp3) is 0.111. The van der Waals surface area contributed by atoms with E-state index in [1.807, 2.05) is 19.1 Å². The summed E-state index contributed by atoms with van der Waals surface area (Å²) in [6, 6.07) is 3.76. The molecule has 2 rings (SSSR count). The van der Waals surface area contributed by atoms with Gasteiger partial charge in [0.05, 0.1) is 6.20 Å². The molecule has 16 heavy (non-hydrogen) atoms. The van der Waals surface area contributed by atoms with E-state index in [-0.39, 0.29) is 5.69 Å². The van der Waals surface area contributed by atoms with Crippen molar-refractivity contribution >= 4 is 27.6 Å². The van der Waals surface area contributed by atoms with E-state index in [4.69, 9.17) is 5.26 Å². The molecule has 2 heterocycles. The third kappa shape index (κ3) is 2.17. The van der Waals surface area contributed by atoms with Gasteiger partial charge < -0.3 is 5.32 Å². The molecule has 2 aromatic rings. The molecule has 0 fully saturated rings. The number of H-pyrrole nitrogens is 1. The highest BCUT2D eigenvalue weighted by Crippen LogP contribution is 2.16. The Morgan fingerprint density at radius 2 is 2.31 bits per heavy atom. The summed E-state index contributed by atoms with van der Waals surface area (Å²) in [5.74, 6) is 1.18. The second-order valence-electron chi connectivity index (χ2n) is 3.07. The van der Waals surface area contributed by atoms with E-state index in [2.05, 4.69) is 41.4 Å². The first kappa shape index (κ1) is 10.6. The van der Waals surface area contributed by atoms with E-state index >= 15 is 0 Å². The molecule has 0 saturated heterocycles. The lowest BCUT2D eigenvalue weighted by molar-refractivity contribution is 1.04. The molecule has 0 bridgehead atoms. The largest absolute Gasteiger partial charge is 0.322 e. The van der Waals surface area contributed by atoms with Crippen LogP contribution in [0.15, 0.2) is 16.9 Å². The Kier molecular flexibility index (Phi) is 2.83. The maximum atomic E-state index is 8.68. The maximum absolute atomic E-state index is 8.68. The van der Waals surface area contributed by atoms with Crippen molar-refractivity contribution in [2.45, 2.75) is 6.92 Å². The Bertz CT molecular complexity index is 555. The first-order valence-electron chi connectivity index (χ1n) is 4.40. The zero-order valence-electron chi connectivity index (χ0n) is 8.32. The van der Waals surface area contributed by atoms with Crippen molar-refractivity contribution in [1.29, 1.82) is 5.26 Å². The van der Waals surface area contributed by atoms with Gasteiger partial charge in [0.1, 0.15) is 10.7 Å². The lowest BCUT2D eigenvalue weighted by Gasteiger charge is -2.01. The Balaban J connectivity index is 2.23. The molecule has 0 spiro atoms. The van der Waals surface area contributed by atoms with Crippen molar-refractivity contribution in [3.05, 3.63) is 28.3 Å². The average molecular weight is 279 g/mol. The highest BCUT2D eigenvalue weighted by atomic mass is 79.9. The van der Waals surface area contributed by atoms with Crippen LogP contribution < -0.4 is 5.32 Å². The summed E-state index contributed by atoms with van der Waals surface area (Å²) in [6.45, 7) is 1.90. The number of hydrogen-bond acceptors (Lipinski definition) is 5. The molecule has 0 radical (unpaired) electrons. The Hall–Kier alpha value is -1.94. The third-order valence-electron chi connectivity index (χ3n) is 1.80. The SMILES string of the molecule is Cc1cc(Nc2cnc(C#N)c(Br)n2)n[nH]1. The average Bonchev–Trinajstić information content (AvgIpc) is 2.64. The monoisotopic (exact) mass is 278 g/mol. The summed E-state index contributed by atoms with van der Waals surface area (Å²) in [5, 5.41) is 18.4. The second kappa shape index (κ2) is 4.28. The summed E-state index contributed by atoms with van der Waals surface area (Å²) < 4.78 is 0.409. The number of aromatic nitrogens is 4. The fourth-order valence-corrected chi connectivity index (χ4v) is 1.50. The van der Waals surface area contributed by atoms with Crippen LogP contribution >= 0.6 is 15.9 Å². The van der Waals surface area contributed by atoms with Gasteiger partial charge in [0, 0.05) is 11.8 Å². The molecule has 0 saturated carbocycles. The number of rotatable bonds is 2. The van der Waals surface area contributed by atoms with Crippen LogP contribution in [0, 0.1) is 18.3 Å². The van der Waals surface area contributed by atoms with Crippen LogP contribution in [-0.4, -0.2) is 20.2 Å². The molecule has 6 nitrogen and oxygen atoms in total. The lowest BCUT2D eigenvalue weighted by Crippen LogP contribution is -1.97. The summed E-state index contributed by atoms with van der Waals surface area (Å²) in [5.41, 5.74) is 1.20. The van der Waals surface area contributed by atoms with Gasteiger partial charge in [-0.1, -0.05) is 0 Å².